The first-order valence-electron chi connectivity index (χ1n) is 8.61. The minimum Gasteiger partial charge on any atom is -0.423 e. The molecule has 0 heterocycles. The van der Waals surface area contributed by atoms with Gasteiger partial charge in [0.15, 0.2) is 0 Å². The highest BCUT2D eigenvalue weighted by atomic mass is 16.5. The monoisotopic (exact) mass is 364 g/mol. The van der Waals surface area contributed by atoms with Gasteiger partial charge in [0, 0.05) is 17.6 Å². The van der Waals surface area contributed by atoms with Crippen molar-refractivity contribution in [3.8, 4) is 11.5 Å². The Hall–Kier alpha value is -3.14. The van der Waals surface area contributed by atoms with E-state index in [0.29, 0.717) is 11.5 Å². The fourth-order valence-electron chi connectivity index (χ4n) is 3.25. The van der Waals surface area contributed by atoms with Crippen LogP contribution in [0.2, 0.25) is 0 Å². The second-order valence-electron chi connectivity index (χ2n) is 6.73. The normalized spacial score (nSPS) is 10.8. The molecule has 2 aromatic carbocycles. The molecule has 0 atom stereocenters. The predicted octanol–water partition coefficient (Wildman–Crippen LogP) is 4.81. The average Bonchev–Trinajstić information content (AvgIpc) is 2.64. The Kier molecular flexibility index (Phi) is 6.01. The summed E-state index contributed by atoms with van der Waals surface area (Å²) in [5.74, 6) is -0.000112. The Balaban J connectivity index is 2.53. The summed E-state index contributed by atoms with van der Waals surface area (Å²) >= 11 is 0. The Morgan fingerprint density at radius 3 is 1.52 bits per heavy atom. The molecule has 0 aliphatic rings. The van der Waals surface area contributed by atoms with Crippen LogP contribution in [0, 0.1) is 13.8 Å². The molecule has 0 bridgehead atoms. The first kappa shape index (κ1) is 20.2. The largest absolute Gasteiger partial charge is 0.423 e. The van der Waals surface area contributed by atoms with Crippen LogP contribution in [0.5, 0.6) is 11.5 Å². The van der Waals surface area contributed by atoms with Gasteiger partial charge >= 0.3 is 11.9 Å². The third-order valence-electron chi connectivity index (χ3n) is 4.67. The number of carbonyl (C=O) groups is 2. The summed E-state index contributed by atoms with van der Waals surface area (Å²) in [6.45, 7) is 14.9. The molecule has 0 aliphatic heterocycles. The van der Waals surface area contributed by atoms with E-state index in [2.05, 4.69) is 27.0 Å². The molecule has 0 spiro atoms. The molecule has 0 fully saturated rings. The molecule has 0 radical (unpaired) electrons. The molecule has 0 aliphatic carbocycles. The van der Waals surface area contributed by atoms with Crippen LogP contribution in [0.25, 0.3) is 0 Å². The van der Waals surface area contributed by atoms with Gasteiger partial charge in [-0.25, -0.2) is 9.59 Å². The van der Waals surface area contributed by atoms with E-state index in [-0.39, 0.29) is 0 Å². The van der Waals surface area contributed by atoms with Crippen molar-refractivity contribution in [2.75, 3.05) is 0 Å². The van der Waals surface area contributed by atoms with Crippen LogP contribution >= 0.6 is 0 Å². The molecule has 2 aromatic rings. The van der Waals surface area contributed by atoms with Gasteiger partial charge in [-0.05, 0) is 48.2 Å². The highest BCUT2D eigenvalue weighted by Gasteiger charge is 2.29. The van der Waals surface area contributed by atoms with Crippen molar-refractivity contribution in [2.45, 2.75) is 33.1 Å². The fraction of sp³-hybridized carbons (Fsp3) is 0.217. The number of carbonyl (C=O) groups excluding carboxylic acids is 2. The van der Waals surface area contributed by atoms with Gasteiger partial charge in [0.05, 0.1) is 0 Å². The summed E-state index contributed by atoms with van der Waals surface area (Å²) < 4.78 is 10.7. The first-order valence-corrected chi connectivity index (χ1v) is 8.61. The lowest BCUT2D eigenvalue weighted by Crippen LogP contribution is -2.22. The predicted molar refractivity (Wildman–Crippen MR) is 106 cm³/mol. The Bertz CT molecular complexity index is 833. The van der Waals surface area contributed by atoms with Crippen molar-refractivity contribution in [3.05, 3.63) is 84.0 Å². The first-order chi connectivity index (χ1) is 12.7. The molecule has 0 amide bonds. The average molecular weight is 364 g/mol. The van der Waals surface area contributed by atoms with E-state index >= 15 is 0 Å². The van der Waals surface area contributed by atoms with Crippen LogP contribution in [0.1, 0.15) is 36.1 Å². The molecule has 0 saturated heterocycles. The van der Waals surface area contributed by atoms with Gasteiger partial charge in [-0.2, -0.15) is 0 Å². The minimum absolute atomic E-state index is 0.415. The SMILES string of the molecule is C=CC(=O)Oc1cccc(C(C)(C)c2cccc(OC(=O)C=C)c2C)c1C. The van der Waals surface area contributed by atoms with Gasteiger partial charge in [-0.15, -0.1) is 0 Å². The molecule has 4 nitrogen and oxygen atoms in total. The number of benzene rings is 2. The number of hydrogen-bond acceptors (Lipinski definition) is 4. The van der Waals surface area contributed by atoms with E-state index in [0.717, 1.165) is 34.4 Å². The molecule has 0 N–H and O–H groups in total. The van der Waals surface area contributed by atoms with Crippen LogP contribution in [0.15, 0.2) is 61.7 Å². The molecule has 0 unspecified atom stereocenters. The zero-order valence-corrected chi connectivity index (χ0v) is 16.2. The lowest BCUT2D eigenvalue weighted by atomic mass is 9.74. The molecule has 0 saturated carbocycles. The third-order valence-corrected chi connectivity index (χ3v) is 4.67. The summed E-state index contributed by atoms with van der Waals surface area (Å²) in [5, 5.41) is 0. The van der Waals surface area contributed by atoms with E-state index in [1.54, 1.807) is 12.1 Å². The van der Waals surface area contributed by atoms with Gasteiger partial charge in [0.1, 0.15) is 11.5 Å². The van der Waals surface area contributed by atoms with Gasteiger partial charge in [-0.3, -0.25) is 0 Å². The van der Waals surface area contributed by atoms with Crippen LogP contribution < -0.4 is 9.47 Å². The third kappa shape index (κ3) is 4.17. The van der Waals surface area contributed by atoms with Crippen molar-refractivity contribution in [1.29, 1.82) is 0 Å². The van der Waals surface area contributed by atoms with E-state index in [4.69, 9.17) is 9.47 Å². The Labute approximate surface area is 160 Å². The van der Waals surface area contributed by atoms with Gasteiger partial charge < -0.3 is 9.47 Å². The highest BCUT2D eigenvalue weighted by molar-refractivity contribution is 5.84. The molecule has 2 rings (SSSR count). The Morgan fingerprint density at radius 1 is 0.815 bits per heavy atom. The maximum Gasteiger partial charge on any atom is 0.335 e. The second-order valence-corrected chi connectivity index (χ2v) is 6.73. The van der Waals surface area contributed by atoms with Crippen LogP contribution in [-0.4, -0.2) is 11.9 Å². The fourth-order valence-corrected chi connectivity index (χ4v) is 3.25. The number of esters is 2. The second kappa shape index (κ2) is 8.04. The van der Waals surface area contributed by atoms with Crippen LogP contribution in [0.4, 0.5) is 0 Å². The summed E-state index contributed by atoms with van der Waals surface area (Å²) in [4.78, 5) is 23.2. The molecule has 27 heavy (non-hydrogen) atoms. The lowest BCUT2D eigenvalue weighted by molar-refractivity contribution is -0.129. The van der Waals surface area contributed by atoms with Crippen molar-refractivity contribution < 1.29 is 19.1 Å². The summed E-state index contributed by atoms with van der Waals surface area (Å²) in [7, 11) is 0. The summed E-state index contributed by atoms with van der Waals surface area (Å²) in [5.41, 5.74) is 3.33. The molecule has 140 valence electrons. The van der Waals surface area contributed by atoms with Gasteiger partial charge in [0.25, 0.3) is 0 Å². The Morgan fingerprint density at radius 2 is 1.19 bits per heavy atom. The van der Waals surface area contributed by atoms with Crippen molar-refractivity contribution in [1.82, 2.24) is 0 Å². The number of rotatable bonds is 6. The van der Waals surface area contributed by atoms with Gasteiger partial charge in [0.2, 0.25) is 0 Å². The van der Waals surface area contributed by atoms with Crippen molar-refractivity contribution in [3.63, 3.8) is 0 Å². The van der Waals surface area contributed by atoms with Crippen LogP contribution in [0.3, 0.4) is 0 Å². The topological polar surface area (TPSA) is 52.6 Å². The van der Waals surface area contributed by atoms with E-state index in [1.165, 1.54) is 0 Å². The summed E-state index contributed by atoms with van der Waals surface area (Å²) in [6.07, 6.45) is 2.28. The maximum atomic E-state index is 11.6. The zero-order chi connectivity index (χ0) is 20.2. The zero-order valence-electron chi connectivity index (χ0n) is 16.2. The van der Waals surface area contributed by atoms with E-state index in [1.807, 2.05) is 38.1 Å². The standard InChI is InChI=1S/C23H24O4/c1-7-21(24)26-19-13-9-11-17(15(19)3)23(5,6)18-12-10-14-20(16(18)4)27-22(25)8-2/h7-14H,1-2H2,3-6H3. The lowest BCUT2D eigenvalue weighted by Gasteiger charge is -2.30. The smallest absolute Gasteiger partial charge is 0.335 e. The van der Waals surface area contributed by atoms with Crippen molar-refractivity contribution in [2.24, 2.45) is 0 Å². The van der Waals surface area contributed by atoms with Crippen LogP contribution in [-0.2, 0) is 15.0 Å². The van der Waals surface area contributed by atoms with E-state index < -0.39 is 17.4 Å². The minimum atomic E-state index is -0.498. The summed E-state index contributed by atoms with van der Waals surface area (Å²) in [6, 6.07) is 11.2. The molecular formula is C23H24O4. The highest BCUT2D eigenvalue weighted by Crippen LogP contribution is 2.40. The molecule has 4 heteroatoms. The molecule has 0 aromatic heterocycles. The van der Waals surface area contributed by atoms with E-state index in [9.17, 15) is 9.59 Å². The maximum absolute atomic E-state index is 11.6. The number of ether oxygens (including phenoxy) is 2. The number of hydrogen-bond donors (Lipinski definition) is 0. The van der Waals surface area contributed by atoms with Gasteiger partial charge in [-0.1, -0.05) is 51.3 Å². The quantitative estimate of drug-likeness (QED) is 0.419. The molecular weight excluding hydrogens is 340 g/mol. The van der Waals surface area contributed by atoms with Crippen molar-refractivity contribution >= 4 is 11.9 Å².